The molecule has 4 heteroatoms. The lowest BCUT2D eigenvalue weighted by molar-refractivity contribution is -0.168. The molecule has 0 aliphatic rings. The third-order valence-corrected chi connectivity index (χ3v) is 3.87. The molecule has 0 aromatic heterocycles. The lowest BCUT2D eigenvalue weighted by Crippen LogP contribution is -2.36. The molecule has 0 saturated carbocycles. The molecule has 108 valence electrons. The molecule has 0 aliphatic carbocycles. The molecule has 2 unspecified atom stereocenters. The van der Waals surface area contributed by atoms with E-state index in [4.69, 9.17) is 10.00 Å². The van der Waals surface area contributed by atoms with Crippen molar-refractivity contribution in [2.45, 2.75) is 46.1 Å². The summed E-state index contributed by atoms with van der Waals surface area (Å²) in [5, 5.41) is 18.5. The van der Waals surface area contributed by atoms with Crippen LogP contribution in [0, 0.1) is 16.7 Å². The van der Waals surface area contributed by atoms with Crippen molar-refractivity contribution in [2.75, 3.05) is 0 Å². The number of nitriles is 1. The molecule has 0 fully saturated rings. The van der Waals surface area contributed by atoms with Crippen molar-refractivity contribution < 1.29 is 14.6 Å². The van der Waals surface area contributed by atoms with E-state index in [1.807, 2.05) is 19.9 Å². The number of carbonyl (C=O) groups is 1. The van der Waals surface area contributed by atoms with Crippen molar-refractivity contribution in [3.63, 3.8) is 0 Å². The fourth-order valence-electron chi connectivity index (χ4n) is 1.74. The molecule has 0 aliphatic heterocycles. The minimum absolute atomic E-state index is 0.161. The molecule has 20 heavy (non-hydrogen) atoms. The van der Waals surface area contributed by atoms with Gasteiger partial charge in [-0.1, -0.05) is 26.0 Å². The minimum atomic E-state index is -1.13. The first-order valence-corrected chi connectivity index (χ1v) is 6.75. The van der Waals surface area contributed by atoms with Crippen molar-refractivity contribution >= 4 is 5.97 Å². The van der Waals surface area contributed by atoms with Crippen molar-refractivity contribution in [1.82, 2.24) is 0 Å². The van der Waals surface area contributed by atoms with E-state index in [9.17, 15) is 9.90 Å². The number of carbonyl (C=O) groups excluding carboxylic acids is 1. The van der Waals surface area contributed by atoms with Gasteiger partial charge < -0.3 is 9.84 Å². The van der Waals surface area contributed by atoms with Crippen molar-refractivity contribution in [3.8, 4) is 11.8 Å². The topological polar surface area (TPSA) is 70.3 Å². The Hall–Kier alpha value is -2.02. The molecule has 1 aromatic carbocycles. The van der Waals surface area contributed by atoms with Crippen LogP contribution in [0.15, 0.2) is 24.3 Å². The number of phenolic OH excluding ortho intramolecular Hbond substituents is 1. The van der Waals surface area contributed by atoms with E-state index in [-0.39, 0.29) is 5.75 Å². The Balaban J connectivity index is 3.05. The van der Waals surface area contributed by atoms with Crippen LogP contribution in [0.4, 0.5) is 0 Å². The molecule has 2 atom stereocenters. The molecule has 0 spiro atoms. The lowest BCUT2D eigenvalue weighted by atomic mass is 9.88. The Morgan fingerprint density at radius 3 is 2.20 bits per heavy atom. The fourth-order valence-corrected chi connectivity index (χ4v) is 1.74. The molecule has 0 radical (unpaired) electrons. The Kier molecular flexibility index (Phi) is 4.78. The molecular weight excluding hydrogens is 254 g/mol. The van der Waals surface area contributed by atoms with E-state index in [0.717, 1.165) is 5.56 Å². The number of ether oxygens (including phenoxy) is 1. The van der Waals surface area contributed by atoms with E-state index in [1.165, 1.54) is 0 Å². The Morgan fingerprint density at radius 2 is 1.80 bits per heavy atom. The van der Waals surface area contributed by atoms with Gasteiger partial charge in [-0.3, -0.25) is 4.79 Å². The molecule has 4 nitrogen and oxygen atoms in total. The Labute approximate surface area is 120 Å². The van der Waals surface area contributed by atoms with Gasteiger partial charge in [-0.15, -0.1) is 0 Å². The van der Waals surface area contributed by atoms with Gasteiger partial charge in [0.15, 0.2) is 5.41 Å². The van der Waals surface area contributed by atoms with Gasteiger partial charge in [-0.05, 0) is 44.4 Å². The highest BCUT2D eigenvalue weighted by Crippen LogP contribution is 2.34. The summed E-state index contributed by atoms with van der Waals surface area (Å²) in [4.78, 5) is 12.2. The number of phenols is 1. The number of nitrogens with zero attached hydrogens (tertiary/aromatic N) is 1. The molecule has 1 rings (SSSR count). The molecule has 0 bridgehead atoms. The second-order valence-electron chi connectivity index (χ2n) is 5.32. The van der Waals surface area contributed by atoms with Crippen LogP contribution in [-0.2, 0) is 15.1 Å². The summed E-state index contributed by atoms with van der Waals surface area (Å²) in [5.74, 6) is -0.353. The highest BCUT2D eigenvalue weighted by Gasteiger charge is 2.39. The number of rotatable bonds is 5. The lowest BCUT2D eigenvalue weighted by Gasteiger charge is -2.32. The first-order chi connectivity index (χ1) is 9.31. The Bertz CT molecular complexity index is 518. The average Bonchev–Trinajstić information content (AvgIpc) is 2.46. The monoisotopic (exact) mass is 275 g/mol. The zero-order chi connectivity index (χ0) is 15.4. The maximum Gasteiger partial charge on any atom is 0.327 e. The van der Waals surface area contributed by atoms with Crippen molar-refractivity contribution in [2.24, 2.45) is 5.41 Å². The van der Waals surface area contributed by atoms with E-state index in [2.05, 4.69) is 0 Å². The molecule has 0 amide bonds. The second kappa shape index (κ2) is 5.96. The summed E-state index contributed by atoms with van der Waals surface area (Å²) in [6.45, 7) is 7.09. The largest absolute Gasteiger partial charge is 0.508 e. The van der Waals surface area contributed by atoms with Crippen LogP contribution in [0.2, 0.25) is 0 Å². The van der Waals surface area contributed by atoms with Gasteiger partial charge in [-0.25, -0.2) is 0 Å². The van der Waals surface area contributed by atoms with Crippen molar-refractivity contribution in [1.29, 1.82) is 5.26 Å². The standard InChI is InChI=1S/C16H21NO3/c1-5-15(3,11-17)14(19)20-16(4,6-2)12-7-9-13(18)10-8-12/h7-10,18H,5-6H2,1-4H3. The third-order valence-electron chi connectivity index (χ3n) is 3.87. The van der Waals surface area contributed by atoms with Gasteiger partial charge in [0.2, 0.25) is 0 Å². The maximum absolute atomic E-state index is 12.2. The molecule has 1 N–H and O–H groups in total. The number of hydrogen-bond acceptors (Lipinski definition) is 4. The van der Waals surface area contributed by atoms with Crippen LogP contribution >= 0.6 is 0 Å². The van der Waals surface area contributed by atoms with Crippen LogP contribution in [0.25, 0.3) is 0 Å². The maximum atomic E-state index is 12.2. The number of aromatic hydroxyl groups is 1. The van der Waals surface area contributed by atoms with Gasteiger partial charge in [0.25, 0.3) is 0 Å². The summed E-state index contributed by atoms with van der Waals surface area (Å²) in [5.41, 5.74) is -1.15. The third kappa shape index (κ3) is 3.11. The van der Waals surface area contributed by atoms with Crippen LogP contribution in [0.3, 0.4) is 0 Å². The number of benzene rings is 1. The SMILES string of the molecule is CCC(C)(C#N)C(=O)OC(C)(CC)c1ccc(O)cc1. The van der Waals surface area contributed by atoms with Gasteiger partial charge >= 0.3 is 5.97 Å². The fraction of sp³-hybridized carbons (Fsp3) is 0.500. The van der Waals surface area contributed by atoms with E-state index >= 15 is 0 Å². The normalized spacial score (nSPS) is 16.6. The molecule has 0 heterocycles. The average molecular weight is 275 g/mol. The highest BCUT2D eigenvalue weighted by molar-refractivity contribution is 5.80. The summed E-state index contributed by atoms with van der Waals surface area (Å²) in [6.07, 6.45) is 0.979. The van der Waals surface area contributed by atoms with Crippen LogP contribution in [0.5, 0.6) is 5.75 Å². The second-order valence-corrected chi connectivity index (χ2v) is 5.32. The van der Waals surface area contributed by atoms with E-state index < -0.39 is 17.0 Å². The summed E-state index contributed by atoms with van der Waals surface area (Å²) in [6, 6.07) is 8.58. The molecule has 1 aromatic rings. The predicted molar refractivity (Wildman–Crippen MR) is 75.9 cm³/mol. The zero-order valence-electron chi connectivity index (χ0n) is 12.4. The van der Waals surface area contributed by atoms with Gasteiger partial charge in [0, 0.05) is 0 Å². The first kappa shape index (κ1) is 16.0. The highest BCUT2D eigenvalue weighted by atomic mass is 16.6. The number of esters is 1. The Morgan fingerprint density at radius 1 is 1.25 bits per heavy atom. The van der Waals surface area contributed by atoms with E-state index in [1.54, 1.807) is 38.1 Å². The smallest absolute Gasteiger partial charge is 0.327 e. The van der Waals surface area contributed by atoms with Gasteiger partial charge in [-0.2, -0.15) is 5.26 Å². The zero-order valence-corrected chi connectivity index (χ0v) is 12.4. The van der Waals surface area contributed by atoms with Crippen LogP contribution < -0.4 is 0 Å². The predicted octanol–water partition coefficient (Wildman–Crippen LogP) is 3.50. The molecular formula is C16H21NO3. The summed E-state index contributed by atoms with van der Waals surface area (Å²) < 4.78 is 5.62. The van der Waals surface area contributed by atoms with Crippen LogP contribution in [-0.4, -0.2) is 11.1 Å². The summed E-state index contributed by atoms with van der Waals surface area (Å²) >= 11 is 0. The van der Waals surface area contributed by atoms with Gasteiger partial charge in [0.1, 0.15) is 11.4 Å². The summed E-state index contributed by atoms with van der Waals surface area (Å²) in [7, 11) is 0. The van der Waals surface area contributed by atoms with Gasteiger partial charge in [0.05, 0.1) is 6.07 Å². The molecule has 0 saturated heterocycles. The quantitative estimate of drug-likeness (QED) is 0.835. The first-order valence-electron chi connectivity index (χ1n) is 6.75. The minimum Gasteiger partial charge on any atom is -0.508 e. The van der Waals surface area contributed by atoms with Crippen molar-refractivity contribution in [3.05, 3.63) is 29.8 Å². The number of hydrogen-bond donors (Lipinski definition) is 1. The van der Waals surface area contributed by atoms with E-state index in [0.29, 0.717) is 12.8 Å². The van der Waals surface area contributed by atoms with Crippen LogP contribution in [0.1, 0.15) is 46.1 Å².